The zero-order valence-corrected chi connectivity index (χ0v) is 13.1. The first-order valence-corrected chi connectivity index (χ1v) is 8.02. The molecule has 0 aliphatic heterocycles. The van der Waals surface area contributed by atoms with Gasteiger partial charge in [0, 0.05) is 13.6 Å². The van der Waals surface area contributed by atoms with Crippen molar-refractivity contribution in [2.45, 2.75) is 6.42 Å². The lowest BCUT2D eigenvalue weighted by atomic mass is 10.1. The Balaban J connectivity index is 1.63. The molecular formula is C17H17N3OS. The highest BCUT2D eigenvalue weighted by molar-refractivity contribution is 7.13. The Morgan fingerprint density at radius 2 is 2.05 bits per heavy atom. The standard InChI is InChI=1S/C17H17N3OS/c1-20-15(12-14(19-20)16-8-5-11-22-16)17(21)18-10-9-13-6-3-2-4-7-13/h2-8,11-12H,9-10H2,1H3,(H,18,21). The number of amides is 1. The first-order chi connectivity index (χ1) is 10.7. The number of nitrogens with one attached hydrogen (secondary N) is 1. The molecule has 3 rings (SSSR count). The van der Waals surface area contributed by atoms with E-state index in [0.717, 1.165) is 17.0 Å². The summed E-state index contributed by atoms with van der Waals surface area (Å²) in [4.78, 5) is 13.3. The molecule has 0 unspecified atom stereocenters. The Hall–Kier alpha value is -2.40. The first-order valence-electron chi connectivity index (χ1n) is 7.14. The topological polar surface area (TPSA) is 46.9 Å². The SMILES string of the molecule is Cn1nc(-c2cccs2)cc1C(=O)NCCc1ccccc1. The van der Waals surface area contributed by atoms with E-state index >= 15 is 0 Å². The van der Waals surface area contributed by atoms with Crippen LogP contribution in [0.5, 0.6) is 0 Å². The molecule has 3 aromatic rings. The quantitative estimate of drug-likeness (QED) is 0.787. The van der Waals surface area contributed by atoms with Gasteiger partial charge in [0.15, 0.2) is 0 Å². The maximum absolute atomic E-state index is 12.3. The van der Waals surface area contributed by atoms with Gasteiger partial charge in [0.2, 0.25) is 0 Å². The molecule has 0 spiro atoms. The number of hydrogen-bond acceptors (Lipinski definition) is 3. The molecule has 0 fully saturated rings. The van der Waals surface area contributed by atoms with E-state index in [-0.39, 0.29) is 5.91 Å². The van der Waals surface area contributed by atoms with Crippen LogP contribution < -0.4 is 5.32 Å². The van der Waals surface area contributed by atoms with Gasteiger partial charge >= 0.3 is 0 Å². The minimum absolute atomic E-state index is 0.0891. The van der Waals surface area contributed by atoms with Crippen LogP contribution in [-0.4, -0.2) is 22.2 Å². The number of thiophene rings is 1. The summed E-state index contributed by atoms with van der Waals surface area (Å²) in [6.45, 7) is 0.613. The van der Waals surface area contributed by atoms with Crippen molar-refractivity contribution in [1.82, 2.24) is 15.1 Å². The minimum Gasteiger partial charge on any atom is -0.350 e. The summed E-state index contributed by atoms with van der Waals surface area (Å²) in [5, 5.41) is 9.36. The van der Waals surface area contributed by atoms with Gasteiger partial charge in [0.25, 0.3) is 5.91 Å². The average molecular weight is 311 g/mol. The average Bonchev–Trinajstić information content (AvgIpc) is 3.17. The molecule has 0 bridgehead atoms. The van der Waals surface area contributed by atoms with Gasteiger partial charge in [-0.3, -0.25) is 9.48 Å². The Kier molecular flexibility index (Phi) is 4.34. The van der Waals surface area contributed by atoms with Crippen LogP contribution in [0, 0.1) is 0 Å². The lowest BCUT2D eigenvalue weighted by Crippen LogP contribution is -2.27. The predicted octanol–water partition coefficient (Wildman–Crippen LogP) is 3.12. The summed E-state index contributed by atoms with van der Waals surface area (Å²) in [5.74, 6) is -0.0891. The van der Waals surface area contributed by atoms with Crippen molar-refractivity contribution in [1.29, 1.82) is 0 Å². The highest BCUT2D eigenvalue weighted by atomic mass is 32.1. The third-order valence-electron chi connectivity index (χ3n) is 3.43. The molecule has 0 aliphatic carbocycles. The zero-order chi connectivity index (χ0) is 15.4. The third kappa shape index (κ3) is 3.26. The third-order valence-corrected chi connectivity index (χ3v) is 4.32. The number of benzene rings is 1. The van der Waals surface area contributed by atoms with E-state index in [1.54, 1.807) is 23.1 Å². The van der Waals surface area contributed by atoms with Crippen LogP contribution in [0.4, 0.5) is 0 Å². The highest BCUT2D eigenvalue weighted by Gasteiger charge is 2.14. The summed E-state index contributed by atoms with van der Waals surface area (Å²) >= 11 is 1.62. The normalized spacial score (nSPS) is 10.6. The van der Waals surface area contributed by atoms with E-state index in [1.165, 1.54) is 5.56 Å². The Morgan fingerprint density at radius 3 is 2.77 bits per heavy atom. The second-order valence-electron chi connectivity index (χ2n) is 5.01. The van der Waals surface area contributed by atoms with Crippen LogP contribution in [0.25, 0.3) is 10.6 Å². The van der Waals surface area contributed by atoms with Crippen LogP contribution in [0.1, 0.15) is 16.1 Å². The fraction of sp³-hybridized carbons (Fsp3) is 0.176. The molecule has 112 valence electrons. The smallest absolute Gasteiger partial charge is 0.269 e. The fourth-order valence-electron chi connectivity index (χ4n) is 2.28. The van der Waals surface area contributed by atoms with Crippen LogP contribution in [0.3, 0.4) is 0 Å². The number of hydrogen-bond donors (Lipinski definition) is 1. The molecule has 1 aromatic carbocycles. The van der Waals surface area contributed by atoms with Crippen molar-refractivity contribution < 1.29 is 4.79 Å². The lowest BCUT2D eigenvalue weighted by Gasteiger charge is -2.05. The number of aryl methyl sites for hydroxylation is 1. The first kappa shape index (κ1) is 14.5. The van der Waals surface area contributed by atoms with Crippen LogP contribution in [0.15, 0.2) is 53.9 Å². The summed E-state index contributed by atoms with van der Waals surface area (Å²) in [6, 6.07) is 15.9. The predicted molar refractivity (Wildman–Crippen MR) is 89.0 cm³/mol. The van der Waals surface area contributed by atoms with Crippen LogP contribution in [-0.2, 0) is 13.5 Å². The van der Waals surface area contributed by atoms with E-state index in [4.69, 9.17) is 0 Å². The van der Waals surface area contributed by atoms with Crippen molar-refractivity contribution in [2.75, 3.05) is 6.54 Å². The molecule has 2 aromatic heterocycles. The van der Waals surface area contributed by atoms with E-state index in [1.807, 2.05) is 41.8 Å². The monoisotopic (exact) mass is 311 g/mol. The van der Waals surface area contributed by atoms with Gasteiger partial charge < -0.3 is 5.32 Å². The summed E-state index contributed by atoms with van der Waals surface area (Å²) < 4.78 is 1.63. The molecule has 0 saturated heterocycles. The van der Waals surface area contributed by atoms with Crippen molar-refractivity contribution in [3.8, 4) is 10.6 Å². The van der Waals surface area contributed by atoms with Gasteiger partial charge in [0.05, 0.1) is 4.88 Å². The molecule has 0 aliphatic rings. The molecule has 1 amide bonds. The van der Waals surface area contributed by atoms with Gasteiger partial charge in [-0.15, -0.1) is 11.3 Å². The summed E-state index contributed by atoms with van der Waals surface area (Å²) in [7, 11) is 1.79. The van der Waals surface area contributed by atoms with Gasteiger partial charge in [-0.1, -0.05) is 36.4 Å². The molecule has 0 saturated carbocycles. The lowest BCUT2D eigenvalue weighted by molar-refractivity contribution is 0.0944. The largest absolute Gasteiger partial charge is 0.350 e. The van der Waals surface area contributed by atoms with Crippen LogP contribution in [0.2, 0.25) is 0 Å². The highest BCUT2D eigenvalue weighted by Crippen LogP contribution is 2.23. The van der Waals surface area contributed by atoms with E-state index in [9.17, 15) is 4.79 Å². The number of aromatic nitrogens is 2. The van der Waals surface area contributed by atoms with E-state index < -0.39 is 0 Å². The van der Waals surface area contributed by atoms with Crippen molar-refractivity contribution in [3.05, 3.63) is 65.2 Å². The zero-order valence-electron chi connectivity index (χ0n) is 12.3. The van der Waals surface area contributed by atoms with Crippen molar-refractivity contribution in [3.63, 3.8) is 0 Å². The minimum atomic E-state index is -0.0891. The molecule has 1 N–H and O–H groups in total. The van der Waals surface area contributed by atoms with Crippen LogP contribution >= 0.6 is 11.3 Å². The molecule has 5 heteroatoms. The Bertz CT molecular complexity index is 748. The summed E-state index contributed by atoms with van der Waals surface area (Å²) in [5.41, 5.74) is 2.63. The van der Waals surface area contributed by atoms with Crippen molar-refractivity contribution in [2.24, 2.45) is 7.05 Å². The van der Waals surface area contributed by atoms with Gasteiger partial charge in [-0.25, -0.2) is 0 Å². The molecular weight excluding hydrogens is 294 g/mol. The van der Waals surface area contributed by atoms with Crippen molar-refractivity contribution >= 4 is 17.2 Å². The Labute approximate surface area is 133 Å². The second-order valence-corrected chi connectivity index (χ2v) is 5.95. The van der Waals surface area contributed by atoms with Gasteiger partial charge in [0.1, 0.15) is 11.4 Å². The second kappa shape index (κ2) is 6.58. The Morgan fingerprint density at radius 1 is 1.23 bits per heavy atom. The number of carbonyl (C=O) groups is 1. The van der Waals surface area contributed by atoms with E-state index in [2.05, 4.69) is 22.5 Å². The maximum atomic E-state index is 12.3. The molecule has 0 atom stereocenters. The number of rotatable bonds is 5. The van der Waals surface area contributed by atoms with E-state index in [0.29, 0.717) is 12.2 Å². The molecule has 0 radical (unpaired) electrons. The fourth-order valence-corrected chi connectivity index (χ4v) is 2.96. The number of nitrogens with zero attached hydrogens (tertiary/aromatic N) is 2. The number of carbonyl (C=O) groups excluding carboxylic acids is 1. The van der Waals surface area contributed by atoms with Gasteiger partial charge in [-0.05, 0) is 29.5 Å². The van der Waals surface area contributed by atoms with Gasteiger partial charge in [-0.2, -0.15) is 5.10 Å². The maximum Gasteiger partial charge on any atom is 0.269 e. The molecule has 22 heavy (non-hydrogen) atoms. The molecule has 2 heterocycles. The molecule has 4 nitrogen and oxygen atoms in total. The summed E-state index contributed by atoms with van der Waals surface area (Å²) in [6.07, 6.45) is 0.822.